The van der Waals surface area contributed by atoms with Crippen molar-refractivity contribution in [1.29, 1.82) is 0 Å². The van der Waals surface area contributed by atoms with Crippen molar-refractivity contribution in [3.63, 3.8) is 0 Å². The van der Waals surface area contributed by atoms with Gasteiger partial charge < -0.3 is 16.0 Å². The molecular formula is C12H17N3O. The predicted molar refractivity (Wildman–Crippen MR) is 64.3 cm³/mol. The second kappa shape index (κ2) is 4.53. The molecule has 0 aromatic heterocycles. The highest BCUT2D eigenvalue weighted by atomic mass is 16.2. The number of nitrogens with one attached hydrogen (secondary N) is 1. The van der Waals surface area contributed by atoms with Crippen molar-refractivity contribution < 1.29 is 4.79 Å². The number of nitrogens with two attached hydrogens (primary N) is 1. The summed E-state index contributed by atoms with van der Waals surface area (Å²) in [5, 5.41) is 2.82. The van der Waals surface area contributed by atoms with E-state index in [0.29, 0.717) is 19.6 Å². The molecule has 1 aliphatic rings. The molecular weight excluding hydrogens is 202 g/mol. The van der Waals surface area contributed by atoms with Crippen LogP contribution in [-0.2, 0) is 11.3 Å². The van der Waals surface area contributed by atoms with Crippen LogP contribution in [0.4, 0.5) is 5.69 Å². The Hall–Kier alpha value is -1.55. The van der Waals surface area contributed by atoms with Crippen molar-refractivity contribution in [3.05, 3.63) is 29.3 Å². The maximum absolute atomic E-state index is 11.3. The van der Waals surface area contributed by atoms with Crippen molar-refractivity contribution in [2.75, 3.05) is 24.5 Å². The lowest BCUT2D eigenvalue weighted by Gasteiger charge is -2.30. The van der Waals surface area contributed by atoms with E-state index in [1.54, 1.807) is 0 Å². The molecule has 0 unspecified atom stereocenters. The summed E-state index contributed by atoms with van der Waals surface area (Å²) in [6.07, 6.45) is 0. The second-order valence-corrected chi connectivity index (χ2v) is 4.11. The lowest BCUT2D eigenvalue weighted by atomic mass is 10.1. The zero-order valence-corrected chi connectivity index (χ0v) is 9.49. The molecule has 0 saturated carbocycles. The molecule has 0 spiro atoms. The summed E-state index contributed by atoms with van der Waals surface area (Å²) in [4.78, 5) is 13.4. The van der Waals surface area contributed by atoms with Crippen LogP contribution >= 0.6 is 0 Å². The van der Waals surface area contributed by atoms with Gasteiger partial charge in [0.25, 0.3) is 0 Å². The molecule has 2 rings (SSSR count). The van der Waals surface area contributed by atoms with Crippen molar-refractivity contribution >= 4 is 11.6 Å². The first kappa shape index (κ1) is 11.0. The maximum atomic E-state index is 11.3. The van der Waals surface area contributed by atoms with Gasteiger partial charge in [-0.25, -0.2) is 0 Å². The van der Waals surface area contributed by atoms with Crippen molar-refractivity contribution in [1.82, 2.24) is 5.32 Å². The van der Waals surface area contributed by atoms with Crippen LogP contribution in [0.3, 0.4) is 0 Å². The minimum atomic E-state index is 0.0794. The third kappa shape index (κ3) is 2.17. The zero-order chi connectivity index (χ0) is 11.5. The number of carbonyl (C=O) groups is 1. The number of aryl methyl sites for hydroxylation is 1. The minimum Gasteiger partial charge on any atom is -0.360 e. The lowest BCUT2D eigenvalue weighted by Crippen LogP contribution is -2.48. The maximum Gasteiger partial charge on any atom is 0.239 e. The molecule has 0 radical (unpaired) electrons. The number of rotatable bonds is 2. The number of amides is 1. The Balaban J connectivity index is 2.30. The van der Waals surface area contributed by atoms with Crippen LogP contribution in [0, 0.1) is 6.92 Å². The summed E-state index contributed by atoms with van der Waals surface area (Å²) in [5.41, 5.74) is 9.10. The Bertz CT molecular complexity index is 403. The predicted octanol–water partition coefficient (Wildman–Crippen LogP) is 0.390. The molecule has 4 heteroatoms. The fourth-order valence-corrected chi connectivity index (χ4v) is 1.99. The Kier molecular flexibility index (Phi) is 3.10. The zero-order valence-electron chi connectivity index (χ0n) is 9.49. The largest absolute Gasteiger partial charge is 0.360 e. The fraction of sp³-hybridized carbons (Fsp3) is 0.417. The van der Waals surface area contributed by atoms with E-state index < -0.39 is 0 Å². The van der Waals surface area contributed by atoms with Crippen molar-refractivity contribution in [3.8, 4) is 0 Å². The number of hydrogen-bond acceptors (Lipinski definition) is 3. The van der Waals surface area contributed by atoms with E-state index in [2.05, 4.69) is 22.3 Å². The summed E-state index contributed by atoms with van der Waals surface area (Å²) >= 11 is 0. The van der Waals surface area contributed by atoms with Gasteiger partial charge in [-0.2, -0.15) is 0 Å². The molecule has 16 heavy (non-hydrogen) atoms. The first-order chi connectivity index (χ1) is 7.70. The molecule has 0 aliphatic carbocycles. The van der Waals surface area contributed by atoms with Gasteiger partial charge in [0.15, 0.2) is 0 Å². The lowest BCUT2D eigenvalue weighted by molar-refractivity contribution is -0.120. The Morgan fingerprint density at radius 1 is 1.50 bits per heavy atom. The number of hydrogen-bond donors (Lipinski definition) is 2. The topological polar surface area (TPSA) is 58.4 Å². The normalized spacial score (nSPS) is 16.1. The smallest absolute Gasteiger partial charge is 0.239 e. The molecule has 1 aromatic carbocycles. The van der Waals surface area contributed by atoms with Gasteiger partial charge in [-0.1, -0.05) is 12.1 Å². The number of benzene rings is 1. The molecule has 3 N–H and O–H groups in total. The molecule has 1 heterocycles. The highest BCUT2D eigenvalue weighted by Crippen LogP contribution is 2.22. The summed E-state index contributed by atoms with van der Waals surface area (Å²) in [5.74, 6) is 0.0794. The van der Waals surface area contributed by atoms with Gasteiger partial charge in [0.05, 0.1) is 6.54 Å². The molecule has 1 amide bonds. The van der Waals surface area contributed by atoms with Crippen molar-refractivity contribution in [2.45, 2.75) is 13.5 Å². The summed E-state index contributed by atoms with van der Waals surface area (Å²) < 4.78 is 0. The monoisotopic (exact) mass is 219 g/mol. The van der Waals surface area contributed by atoms with Crippen LogP contribution in [0.15, 0.2) is 18.2 Å². The van der Waals surface area contributed by atoms with E-state index in [1.165, 1.54) is 5.56 Å². The quantitative estimate of drug-likeness (QED) is 0.756. The standard InChI is InChI=1S/C12H17N3O/c1-9-2-3-10(7-13)11(6-9)15-5-4-14-12(16)8-15/h2-3,6H,4-5,7-8,13H2,1H3,(H,14,16). The minimum absolute atomic E-state index is 0.0794. The highest BCUT2D eigenvalue weighted by Gasteiger charge is 2.18. The van der Waals surface area contributed by atoms with Crippen LogP contribution in [0.2, 0.25) is 0 Å². The average molecular weight is 219 g/mol. The molecule has 4 nitrogen and oxygen atoms in total. The van der Waals surface area contributed by atoms with E-state index in [4.69, 9.17) is 5.73 Å². The number of nitrogens with zero attached hydrogens (tertiary/aromatic N) is 1. The highest BCUT2D eigenvalue weighted by molar-refractivity contribution is 5.83. The first-order valence-electron chi connectivity index (χ1n) is 5.52. The molecule has 1 fully saturated rings. The van der Waals surface area contributed by atoms with Crippen LogP contribution in [0.1, 0.15) is 11.1 Å². The average Bonchev–Trinajstić information content (AvgIpc) is 2.29. The molecule has 0 atom stereocenters. The van der Waals surface area contributed by atoms with Crippen LogP contribution < -0.4 is 16.0 Å². The Labute approximate surface area is 95.4 Å². The van der Waals surface area contributed by atoms with E-state index in [0.717, 1.165) is 17.8 Å². The van der Waals surface area contributed by atoms with E-state index in [1.807, 2.05) is 13.0 Å². The van der Waals surface area contributed by atoms with Gasteiger partial charge in [-0.3, -0.25) is 4.79 Å². The van der Waals surface area contributed by atoms with Gasteiger partial charge in [0, 0.05) is 25.3 Å². The molecule has 0 bridgehead atoms. The Morgan fingerprint density at radius 3 is 3.00 bits per heavy atom. The summed E-state index contributed by atoms with van der Waals surface area (Å²) in [6, 6.07) is 6.19. The molecule has 1 aliphatic heterocycles. The number of piperazine rings is 1. The van der Waals surface area contributed by atoms with E-state index >= 15 is 0 Å². The summed E-state index contributed by atoms with van der Waals surface area (Å²) in [6.45, 7) is 4.54. The molecule has 1 saturated heterocycles. The SMILES string of the molecule is Cc1ccc(CN)c(N2CCNC(=O)C2)c1. The van der Waals surface area contributed by atoms with Crippen LogP contribution in [0.5, 0.6) is 0 Å². The third-order valence-corrected chi connectivity index (χ3v) is 2.84. The molecule has 86 valence electrons. The second-order valence-electron chi connectivity index (χ2n) is 4.11. The van der Waals surface area contributed by atoms with Gasteiger partial charge in [0.1, 0.15) is 0 Å². The summed E-state index contributed by atoms with van der Waals surface area (Å²) in [7, 11) is 0. The van der Waals surface area contributed by atoms with E-state index in [-0.39, 0.29) is 5.91 Å². The van der Waals surface area contributed by atoms with Crippen LogP contribution in [-0.4, -0.2) is 25.5 Å². The number of anilines is 1. The third-order valence-electron chi connectivity index (χ3n) is 2.84. The number of carbonyl (C=O) groups excluding carboxylic acids is 1. The van der Waals surface area contributed by atoms with Gasteiger partial charge >= 0.3 is 0 Å². The Morgan fingerprint density at radius 2 is 2.31 bits per heavy atom. The van der Waals surface area contributed by atoms with E-state index in [9.17, 15) is 4.79 Å². The van der Waals surface area contributed by atoms with Gasteiger partial charge in [-0.15, -0.1) is 0 Å². The first-order valence-corrected chi connectivity index (χ1v) is 5.52. The van der Waals surface area contributed by atoms with Crippen LogP contribution in [0.25, 0.3) is 0 Å². The van der Waals surface area contributed by atoms with Gasteiger partial charge in [-0.05, 0) is 24.1 Å². The molecule has 1 aromatic rings. The fourth-order valence-electron chi connectivity index (χ4n) is 1.99. The van der Waals surface area contributed by atoms with Crippen molar-refractivity contribution in [2.24, 2.45) is 5.73 Å². The van der Waals surface area contributed by atoms with Gasteiger partial charge in [0.2, 0.25) is 5.91 Å².